The molecule has 0 amide bonds. The SMILES string of the molecule is COc1ccc2c(-c3cc(F)cc(F)c3)cnc(NCCCC(=O)O)c2c1. The Labute approximate surface area is 154 Å². The van der Waals surface area contributed by atoms with Crippen LogP contribution >= 0.6 is 0 Å². The van der Waals surface area contributed by atoms with E-state index in [1.165, 1.54) is 12.1 Å². The molecule has 140 valence electrons. The number of aromatic nitrogens is 1. The lowest BCUT2D eigenvalue weighted by molar-refractivity contribution is -0.137. The van der Waals surface area contributed by atoms with E-state index in [1.807, 2.05) is 0 Å². The highest BCUT2D eigenvalue weighted by Gasteiger charge is 2.12. The maximum absolute atomic E-state index is 13.6. The molecule has 0 atom stereocenters. The minimum Gasteiger partial charge on any atom is -0.497 e. The number of nitrogens with zero attached hydrogens (tertiary/aromatic N) is 1. The summed E-state index contributed by atoms with van der Waals surface area (Å²) in [6.45, 7) is 0.430. The quantitative estimate of drug-likeness (QED) is 0.599. The number of carboxylic acid groups (broad SMARTS) is 1. The lowest BCUT2D eigenvalue weighted by Crippen LogP contribution is -2.06. The number of nitrogens with one attached hydrogen (secondary N) is 1. The van der Waals surface area contributed by atoms with Crippen molar-refractivity contribution in [1.29, 1.82) is 0 Å². The van der Waals surface area contributed by atoms with E-state index in [2.05, 4.69) is 10.3 Å². The molecular formula is C20H18F2N2O3. The van der Waals surface area contributed by atoms with Gasteiger partial charge in [0, 0.05) is 36.2 Å². The summed E-state index contributed by atoms with van der Waals surface area (Å²) in [6.07, 6.45) is 2.04. The van der Waals surface area contributed by atoms with Gasteiger partial charge in [-0.1, -0.05) is 0 Å². The third-order valence-corrected chi connectivity index (χ3v) is 4.13. The van der Waals surface area contributed by atoms with Crippen molar-refractivity contribution in [3.63, 3.8) is 0 Å². The first-order valence-electron chi connectivity index (χ1n) is 8.37. The van der Waals surface area contributed by atoms with E-state index in [0.717, 1.165) is 11.5 Å². The molecular weight excluding hydrogens is 354 g/mol. The van der Waals surface area contributed by atoms with Crippen LogP contribution in [-0.2, 0) is 4.79 Å². The molecule has 1 heterocycles. The van der Waals surface area contributed by atoms with Crippen LogP contribution in [0.1, 0.15) is 12.8 Å². The standard InChI is InChI=1S/C20H18F2N2O3/c1-27-15-4-5-16-17(10-15)20(23-6-2-3-19(25)26)24-11-18(16)12-7-13(21)9-14(22)8-12/h4-5,7-11H,2-3,6H2,1H3,(H,23,24)(H,25,26). The molecule has 2 N–H and O–H groups in total. The van der Waals surface area contributed by atoms with Gasteiger partial charge in [-0.3, -0.25) is 4.79 Å². The van der Waals surface area contributed by atoms with Gasteiger partial charge >= 0.3 is 5.97 Å². The fourth-order valence-electron chi connectivity index (χ4n) is 2.88. The third-order valence-electron chi connectivity index (χ3n) is 4.13. The number of benzene rings is 2. The van der Waals surface area contributed by atoms with Crippen LogP contribution in [0.4, 0.5) is 14.6 Å². The van der Waals surface area contributed by atoms with Crippen molar-refractivity contribution in [2.45, 2.75) is 12.8 Å². The number of hydrogen-bond acceptors (Lipinski definition) is 4. The van der Waals surface area contributed by atoms with Crippen molar-refractivity contribution in [1.82, 2.24) is 4.98 Å². The zero-order valence-electron chi connectivity index (χ0n) is 14.6. The van der Waals surface area contributed by atoms with Gasteiger partial charge in [0.25, 0.3) is 0 Å². The molecule has 0 saturated carbocycles. The Bertz CT molecular complexity index is 972. The van der Waals surface area contributed by atoms with Gasteiger partial charge in [-0.25, -0.2) is 13.8 Å². The fourth-order valence-corrected chi connectivity index (χ4v) is 2.88. The molecule has 0 aliphatic heterocycles. The molecule has 2 aromatic carbocycles. The topological polar surface area (TPSA) is 71.5 Å². The highest BCUT2D eigenvalue weighted by molar-refractivity contribution is 6.02. The predicted octanol–water partition coefficient (Wildman–Crippen LogP) is 4.47. The second-order valence-corrected chi connectivity index (χ2v) is 6.01. The van der Waals surface area contributed by atoms with Gasteiger partial charge in [-0.15, -0.1) is 0 Å². The summed E-state index contributed by atoms with van der Waals surface area (Å²) in [7, 11) is 1.54. The van der Waals surface area contributed by atoms with Gasteiger partial charge in [-0.2, -0.15) is 0 Å². The molecule has 0 aliphatic rings. The number of aliphatic carboxylic acids is 1. The van der Waals surface area contributed by atoms with E-state index in [9.17, 15) is 13.6 Å². The number of methoxy groups -OCH3 is 1. The summed E-state index contributed by atoms with van der Waals surface area (Å²) < 4.78 is 32.5. The summed E-state index contributed by atoms with van der Waals surface area (Å²) >= 11 is 0. The van der Waals surface area contributed by atoms with E-state index in [1.54, 1.807) is 31.5 Å². The van der Waals surface area contributed by atoms with Crippen molar-refractivity contribution >= 4 is 22.6 Å². The summed E-state index contributed by atoms with van der Waals surface area (Å²) in [6, 6.07) is 8.67. The maximum Gasteiger partial charge on any atom is 0.303 e. The first kappa shape index (κ1) is 18.6. The zero-order chi connectivity index (χ0) is 19.4. The molecule has 0 bridgehead atoms. The molecule has 0 aliphatic carbocycles. The molecule has 27 heavy (non-hydrogen) atoms. The summed E-state index contributed by atoms with van der Waals surface area (Å²) in [5, 5.41) is 13.3. The van der Waals surface area contributed by atoms with Gasteiger partial charge in [0.1, 0.15) is 23.2 Å². The van der Waals surface area contributed by atoms with Crippen LogP contribution in [-0.4, -0.2) is 29.7 Å². The summed E-state index contributed by atoms with van der Waals surface area (Å²) in [5.74, 6) is -1.03. The Balaban J connectivity index is 2.04. The van der Waals surface area contributed by atoms with Gasteiger partial charge in [0.15, 0.2) is 0 Å². The van der Waals surface area contributed by atoms with Crippen LogP contribution in [0.25, 0.3) is 21.9 Å². The molecule has 0 radical (unpaired) electrons. The maximum atomic E-state index is 13.6. The van der Waals surface area contributed by atoms with Crippen molar-refractivity contribution in [2.75, 3.05) is 19.0 Å². The number of carboxylic acids is 1. The number of rotatable bonds is 7. The van der Waals surface area contributed by atoms with Crippen LogP contribution in [0.3, 0.4) is 0 Å². The molecule has 0 fully saturated rings. The number of anilines is 1. The number of halogens is 2. The summed E-state index contributed by atoms with van der Waals surface area (Å²) in [5.41, 5.74) is 0.967. The highest BCUT2D eigenvalue weighted by atomic mass is 19.1. The highest BCUT2D eigenvalue weighted by Crippen LogP contribution is 2.34. The van der Waals surface area contributed by atoms with Crippen LogP contribution in [0, 0.1) is 11.6 Å². The van der Waals surface area contributed by atoms with Crippen molar-refractivity contribution in [3.8, 4) is 16.9 Å². The minimum atomic E-state index is -0.861. The third kappa shape index (κ3) is 4.31. The van der Waals surface area contributed by atoms with E-state index in [-0.39, 0.29) is 6.42 Å². The molecule has 3 aromatic rings. The first-order valence-corrected chi connectivity index (χ1v) is 8.37. The largest absolute Gasteiger partial charge is 0.497 e. The van der Waals surface area contributed by atoms with E-state index in [0.29, 0.717) is 41.0 Å². The molecule has 5 nitrogen and oxygen atoms in total. The van der Waals surface area contributed by atoms with Crippen LogP contribution in [0.5, 0.6) is 5.75 Å². The fraction of sp³-hybridized carbons (Fsp3) is 0.200. The molecule has 1 aromatic heterocycles. The van der Waals surface area contributed by atoms with Crippen LogP contribution in [0.2, 0.25) is 0 Å². The Morgan fingerprint density at radius 3 is 2.56 bits per heavy atom. The lowest BCUT2D eigenvalue weighted by Gasteiger charge is -2.13. The van der Waals surface area contributed by atoms with Gasteiger partial charge in [-0.05, 0) is 47.7 Å². The predicted molar refractivity (Wildman–Crippen MR) is 99.0 cm³/mol. The number of fused-ring (bicyclic) bond motifs is 1. The normalized spacial score (nSPS) is 10.8. The smallest absolute Gasteiger partial charge is 0.303 e. The van der Waals surface area contributed by atoms with Crippen molar-refractivity contribution in [2.24, 2.45) is 0 Å². The minimum absolute atomic E-state index is 0.0505. The Kier molecular flexibility index (Phi) is 5.49. The summed E-state index contributed by atoms with van der Waals surface area (Å²) in [4.78, 5) is 15.0. The second-order valence-electron chi connectivity index (χ2n) is 6.01. The second kappa shape index (κ2) is 7.99. The monoisotopic (exact) mass is 372 g/mol. The van der Waals surface area contributed by atoms with E-state index < -0.39 is 17.6 Å². The molecule has 7 heteroatoms. The number of carbonyl (C=O) groups is 1. The van der Waals surface area contributed by atoms with Crippen molar-refractivity contribution in [3.05, 3.63) is 54.2 Å². The molecule has 0 unspecified atom stereocenters. The average Bonchev–Trinajstić information content (AvgIpc) is 2.63. The van der Waals surface area contributed by atoms with E-state index in [4.69, 9.17) is 9.84 Å². The first-order chi connectivity index (χ1) is 13.0. The van der Waals surface area contributed by atoms with Gasteiger partial charge in [0.2, 0.25) is 0 Å². The lowest BCUT2D eigenvalue weighted by atomic mass is 10.00. The number of pyridine rings is 1. The van der Waals surface area contributed by atoms with Crippen LogP contribution < -0.4 is 10.1 Å². The molecule has 0 spiro atoms. The number of ether oxygens (including phenoxy) is 1. The van der Waals surface area contributed by atoms with Crippen LogP contribution in [0.15, 0.2) is 42.6 Å². The zero-order valence-corrected chi connectivity index (χ0v) is 14.6. The van der Waals surface area contributed by atoms with Crippen molar-refractivity contribution < 1.29 is 23.4 Å². The molecule has 0 saturated heterocycles. The number of hydrogen-bond donors (Lipinski definition) is 2. The Morgan fingerprint density at radius 2 is 1.89 bits per heavy atom. The Hall–Kier alpha value is -3.22. The Morgan fingerprint density at radius 1 is 1.15 bits per heavy atom. The van der Waals surface area contributed by atoms with Gasteiger partial charge < -0.3 is 15.2 Å². The van der Waals surface area contributed by atoms with Gasteiger partial charge in [0.05, 0.1) is 7.11 Å². The molecule has 3 rings (SSSR count). The average molecular weight is 372 g/mol. The van der Waals surface area contributed by atoms with E-state index >= 15 is 0 Å².